The van der Waals surface area contributed by atoms with Crippen LogP contribution in [-0.2, 0) is 11.3 Å². The summed E-state index contributed by atoms with van der Waals surface area (Å²) in [6.07, 6.45) is 0. The Bertz CT molecular complexity index is 533. The molecule has 0 bridgehead atoms. The topological polar surface area (TPSA) is 36.0 Å². The van der Waals surface area contributed by atoms with Gasteiger partial charge in [-0.3, -0.25) is 14.6 Å². The maximum atomic E-state index is 12.1. The molecule has 5 nitrogen and oxygen atoms in total. The minimum absolute atomic E-state index is 0.0611. The standard InChI is InChI=1S/C19H31N3O2/c1-5-24-12-11-22-10-9-21(14-16(22)2)15-17-7-6-8-18(13-17)19(23)20(3)4/h6-8,13,16H,5,9-12,14-15H2,1-4H3. The number of carbonyl (C=O) groups excluding carboxylic acids is 1. The zero-order valence-electron chi connectivity index (χ0n) is 15.5. The lowest BCUT2D eigenvalue weighted by Gasteiger charge is -2.39. The molecular weight excluding hydrogens is 302 g/mol. The van der Waals surface area contributed by atoms with Gasteiger partial charge in [0.2, 0.25) is 0 Å². The molecule has 0 aromatic heterocycles. The predicted molar refractivity (Wildman–Crippen MR) is 97.3 cm³/mol. The summed E-state index contributed by atoms with van der Waals surface area (Å²) in [5, 5.41) is 0. The van der Waals surface area contributed by atoms with Crippen molar-refractivity contribution in [2.45, 2.75) is 26.4 Å². The van der Waals surface area contributed by atoms with E-state index in [4.69, 9.17) is 4.74 Å². The predicted octanol–water partition coefficient (Wildman–Crippen LogP) is 1.93. The Hall–Kier alpha value is -1.43. The Morgan fingerprint density at radius 2 is 2.12 bits per heavy atom. The van der Waals surface area contributed by atoms with Crippen LogP contribution in [0.3, 0.4) is 0 Å². The molecule has 1 heterocycles. The number of amides is 1. The second kappa shape index (κ2) is 9.16. The van der Waals surface area contributed by atoms with Crippen molar-refractivity contribution in [3.05, 3.63) is 35.4 Å². The fourth-order valence-corrected chi connectivity index (χ4v) is 3.19. The van der Waals surface area contributed by atoms with E-state index in [1.54, 1.807) is 19.0 Å². The largest absolute Gasteiger partial charge is 0.380 e. The van der Waals surface area contributed by atoms with Crippen molar-refractivity contribution >= 4 is 5.91 Å². The lowest BCUT2D eigenvalue weighted by atomic mass is 10.1. The van der Waals surface area contributed by atoms with Crippen molar-refractivity contribution in [2.24, 2.45) is 0 Å². The van der Waals surface area contributed by atoms with Gasteiger partial charge >= 0.3 is 0 Å². The summed E-state index contributed by atoms with van der Waals surface area (Å²) < 4.78 is 5.47. The lowest BCUT2D eigenvalue weighted by Crippen LogP contribution is -2.52. The van der Waals surface area contributed by atoms with E-state index in [0.29, 0.717) is 6.04 Å². The maximum Gasteiger partial charge on any atom is 0.253 e. The van der Waals surface area contributed by atoms with E-state index >= 15 is 0 Å². The fourth-order valence-electron chi connectivity index (χ4n) is 3.19. The molecule has 1 aliphatic rings. The van der Waals surface area contributed by atoms with Gasteiger partial charge in [-0.15, -0.1) is 0 Å². The van der Waals surface area contributed by atoms with Crippen LogP contribution in [0.25, 0.3) is 0 Å². The molecule has 134 valence electrons. The number of hydrogen-bond donors (Lipinski definition) is 0. The Balaban J connectivity index is 1.89. The Labute approximate surface area is 146 Å². The quantitative estimate of drug-likeness (QED) is 0.715. The molecule has 1 unspecified atom stereocenters. The fraction of sp³-hybridized carbons (Fsp3) is 0.632. The van der Waals surface area contributed by atoms with Gasteiger partial charge in [0, 0.05) is 65.0 Å². The Morgan fingerprint density at radius 1 is 1.33 bits per heavy atom. The summed E-state index contributed by atoms with van der Waals surface area (Å²) in [6.45, 7) is 11.0. The smallest absolute Gasteiger partial charge is 0.253 e. The minimum atomic E-state index is 0.0611. The molecule has 1 atom stereocenters. The first-order valence-corrected chi connectivity index (χ1v) is 8.86. The first-order valence-electron chi connectivity index (χ1n) is 8.86. The SMILES string of the molecule is CCOCCN1CCN(Cc2cccc(C(=O)N(C)C)c2)CC1C. The van der Waals surface area contributed by atoms with Crippen LogP contribution in [0.4, 0.5) is 0 Å². The lowest BCUT2D eigenvalue weighted by molar-refractivity contribution is 0.0466. The van der Waals surface area contributed by atoms with Gasteiger partial charge < -0.3 is 9.64 Å². The third-order valence-corrected chi connectivity index (χ3v) is 4.56. The first-order chi connectivity index (χ1) is 11.5. The van der Waals surface area contributed by atoms with Crippen LogP contribution >= 0.6 is 0 Å². The molecule has 1 fully saturated rings. The Kier molecular flexibility index (Phi) is 7.21. The van der Waals surface area contributed by atoms with E-state index in [2.05, 4.69) is 22.8 Å². The number of ether oxygens (including phenoxy) is 1. The van der Waals surface area contributed by atoms with Crippen molar-refractivity contribution in [3.8, 4) is 0 Å². The molecule has 1 aliphatic heterocycles. The molecule has 0 N–H and O–H groups in total. The maximum absolute atomic E-state index is 12.1. The van der Waals surface area contributed by atoms with Gasteiger partial charge in [0.1, 0.15) is 0 Å². The molecule has 1 amide bonds. The molecule has 0 radical (unpaired) electrons. The van der Waals surface area contributed by atoms with E-state index in [1.807, 2.05) is 25.1 Å². The average Bonchev–Trinajstić information content (AvgIpc) is 2.56. The van der Waals surface area contributed by atoms with Crippen molar-refractivity contribution in [1.29, 1.82) is 0 Å². The van der Waals surface area contributed by atoms with E-state index in [-0.39, 0.29) is 5.91 Å². The van der Waals surface area contributed by atoms with Crippen molar-refractivity contribution < 1.29 is 9.53 Å². The minimum Gasteiger partial charge on any atom is -0.380 e. The van der Waals surface area contributed by atoms with Gasteiger partial charge in [0.25, 0.3) is 5.91 Å². The van der Waals surface area contributed by atoms with Crippen LogP contribution in [0.2, 0.25) is 0 Å². The van der Waals surface area contributed by atoms with E-state index in [1.165, 1.54) is 5.56 Å². The summed E-state index contributed by atoms with van der Waals surface area (Å²) in [5.41, 5.74) is 1.97. The highest BCUT2D eigenvalue weighted by Gasteiger charge is 2.23. The molecule has 1 aromatic rings. The van der Waals surface area contributed by atoms with Gasteiger partial charge in [-0.1, -0.05) is 12.1 Å². The average molecular weight is 333 g/mol. The molecule has 24 heavy (non-hydrogen) atoms. The number of carbonyl (C=O) groups is 1. The van der Waals surface area contributed by atoms with Gasteiger partial charge in [0.15, 0.2) is 0 Å². The number of piperazine rings is 1. The monoisotopic (exact) mass is 333 g/mol. The van der Waals surface area contributed by atoms with E-state index < -0.39 is 0 Å². The molecule has 0 saturated carbocycles. The van der Waals surface area contributed by atoms with Gasteiger partial charge in [-0.25, -0.2) is 0 Å². The number of benzene rings is 1. The van der Waals surface area contributed by atoms with E-state index in [0.717, 1.165) is 51.5 Å². The van der Waals surface area contributed by atoms with Crippen molar-refractivity contribution in [1.82, 2.24) is 14.7 Å². The van der Waals surface area contributed by atoms with Crippen molar-refractivity contribution in [2.75, 3.05) is 53.5 Å². The van der Waals surface area contributed by atoms with Gasteiger partial charge in [0.05, 0.1) is 6.61 Å². The highest BCUT2D eigenvalue weighted by molar-refractivity contribution is 5.94. The number of nitrogens with zero attached hydrogens (tertiary/aromatic N) is 3. The molecule has 1 aromatic carbocycles. The second-order valence-electron chi connectivity index (χ2n) is 6.72. The highest BCUT2D eigenvalue weighted by Crippen LogP contribution is 2.14. The third kappa shape index (κ3) is 5.30. The van der Waals surface area contributed by atoms with Crippen LogP contribution in [0.5, 0.6) is 0 Å². The molecule has 1 saturated heterocycles. The summed E-state index contributed by atoms with van der Waals surface area (Å²) in [6, 6.07) is 8.53. The molecule has 0 spiro atoms. The zero-order chi connectivity index (χ0) is 17.5. The third-order valence-electron chi connectivity index (χ3n) is 4.56. The van der Waals surface area contributed by atoms with Crippen LogP contribution in [0, 0.1) is 0 Å². The summed E-state index contributed by atoms with van der Waals surface area (Å²) in [4.78, 5) is 18.7. The summed E-state index contributed by atoms with van der Waals surface area (Å²) >= 11 is 0. The van der Waals surface area contributed by atoms with Gasteiger partial charge in [-0.2, -0.15) is 0 Å². The summed E-state index contributed by atoms with van der Waals surface area (Å²) in [7, 11) is 3.58. The molecule has 5 heteroatoms. The molecular formula is C19H31N3O2. The summed E-state index contributed by atoms with van der Waals surface area (Å²) in [5.74, 6) is 0.0611. The number of hydrogen-bond acceptors (Lipinski definition) is 4. The Morgan fingerprint density at radius 3 is 2.79 bits per heavy atom. The second-order valence-corrected chi connectivity index (χ2v) is 6.72. The first kappa shape index (κ1) is 18.9. The van der Waals surface area contributed by atoms with Crippen LogP contribution in [-0.4, -0.2) is 80.1 Å². The zero-order valence-corrected chi connectivity index (χ0v) is 15.5. The van der Waals surface area contributed by atoms with Crippen LogP contribution in [0.1, 0.15) is 29.8 Å². The normalized spacial score (nSPS) is 19.4. The van der Waals surface area contributed by atoms with Crippen LogP contribution in [0.15, 0.2) is 24.3 Å². The highest BCUT2D eigenvalue weighted by atomic mass is 16.5. The van der Waals surface area contributed by atoms with Crippen LogP contribution < -0.4 is 0 Å². The van der Waals surface area contributed by atoms with Gasteiger partial charge in [-0.05, 0) is 31.5 Å². The van der Waals surface area contributed by atoms with Crippen molar-refractivity contribution in [3.63, 3.8) is 0 Å². The van der Waals surface area contributed by atoms with E-state index in [9.17, 15) is 4.79 Å². The molecule has 2 rings (SSSR count). The molecule has 0 aliphatic carbocycles. The number of rotatable bonds is 7.